The van der Waals surface area contributed by atoms with Gasteiger partial charge < -0.3 is 0 Å². The van der Waals surface area contributed by atoms with Crippen LogP contribution in [-0.4, -0.2) is 0 Å². The number of rotatable bonds is 0. The molecule has 1 rings (SSSR count). The van der Waals surface area contributed by atoms with Crippen LogP contribution in [0.1, 0.15) is 0 Å². The first kappa shape index (κ1) is 13.6. The van der Waals surface area contributed by atoms with Crippen LogP contribution in [0.25, 0.3) is 0 Å². The van der Waals surface area contributed by atoms with Crippen molar-refractivity contribution in [1.82, 2.24) is 0 Å². The molecule has 0 unspecified atom stereocenters. The quantitative estimate of drug-likeness (QED) is 0.331. The summed E-state index contributed by atoms with van der Waals surface area (Å²) < 4.78 is 14.8. The molecule has 0 aromatic rings. The molecule has 0 bridgehead atoms. The van der Waals surface area contributed by atoms with Gasteiger partial charge in [-0.25, -0.2) is 0 Å². The van der Waals surface area contributed by atoms with Gasteiger partial charge >= 0.3 is 150 Å². The van der Waals surface area contributed by atoms with Crippen LogP contribution in [0.2, 0.25) is -3.11 Å². The van der Waals surface area contributed by atoms with Crippen molar-refractivity contribution in [3.05, 3.63) is 0 Å². The van der Waals surface area contributed by atoms with E-state index in [0.29, 0.717) is 0 Å². The van der Waals surface area contributed by atoms with Gasteiger partial charge in [0, 0.05) is 0 Å². The summed E-state index contributed by atoms with van der Waals surface area (Å²) in [6.07, 6.45) is 0. The Balaban J connectivity index is 2.21. The van der Waals surface area contributed by atoms with Gasteiger partial charge in [-0.3, -0.25) is 0 Å². The second-order valence-corrected chi connectivity index (χ2v) is 171. The molecule has 8 heteroatoms. The third-order valence-electron chi connectivity index (χ3n) is 1.41. The first-order valence-corrected chi connectivity index (χ1v) is 31.6. The molecule has 0 aromatic carbocycles. The Morgan fingerprint density at radius 2 is 1.10 bits per heavy atom. The van der Waals surface area contributed by atoms with Crippen molar-refractivity contribution in [3.8, 4) is 0 Å². The molecule has 0 amide bonds. The van der Waals surface area contributed by atoms with Gasteiger partial charge in [0.25, 0.3) is 0 Å². The third kappa shape index (κ3) is 6.91. The van der Waals surface area contributed by atoms with E-state index in [4.69, 9.17) is 1.10 Å². The molecule has 0 atom stereocenters. The molecule has 0 aliphatic carbocycles. The molecule has 0 saturated carbocycles. The summed E-state index contributed by atoms with van der Waals surface area (Å²) in [5.74, 6) is 0. The van der Waals surface area contributed by atoms with E-state index in [1.54, 1.807) is 0 Å². The van der Waals surface area contributed by atoms with Crippen LogP contribution in [0.5, 0.6) is 0 Å². The van der Waals surface area contributed by atoms with Gasteiger partial charge in [-0.05, 0) is 0 Å². The van der Waals surface area contributed by atoms with E-state index in [2.05, 4.69) is 0 Å². The van der Waals surface area contributed by atoms with Crippen LogP contribution in [0.4, 0.5) is 0 Å². The topological polar surface area (TPSA) is 18.5 Å². The van der Waals surface area contributed by atoms with Gasteiger partial charge in [-0.1, -0.05) is 0 Å². The molecule has 0 N–H and O–H groups in total. The molecule has 10 heavy (non-hydrogen) atoms. The monoisotopic (exact) mass is 1270 g/mol. The van der Waals surface area contributed by atoms with E-state index in [1.807, 2.05) is 0 Å². The van der Waals surface area contributed by atoms with Crippen LogP contribution in [0.3, 0.4) is 0 Å². The van der Waals surface area contributed by atoms with Crippen molar-refractivity contribution >= 4 is 0 Å². The minimum atomic E-state index is -0.610. The van der Waals surface area contributed by atoms with E-state index in [9.17, 15) is 0 Å². The summed E-state index contributed by atoms with van der Waals surface area (Å²) in [7, 11) is 0. The predicted molar refractivity (Wildman–Crippen MR) is 9.67 cm³/mol. The summed E-state index contributed by atoms with van der Waals surface area (Å²) in [4.78, 5) is 0. The third-order valence-corrected chi connectivity index (χ3v) is 109. The fraction of sp³-hybridized carbons (Fsp3) is 1.00. The summed E-state index contributed by atoms with van der Waals surface area (Å²) in [5, 5.41) is 0. The van der Waals surface area contributed by atoms with Gasteiger partial charge in [0.2, 0.25) is 0 Å². The maximum absolute atomic E-state index is 6.07. The molecule has 1 aliphatic rings. The standard InChI is InChI=1S/2CH.6Hg.2O/h2*1H;;;;;;;;. The fourth-order valence-corrected chi connectivity index (χ4v) is 468. The van der Waals surface area contributed by atoms with Gasteiger partial charge in [-0.15, -0.1) is 0 Å². The molecule has 1 saturated heterocycles. The fourth-order valence-electron chi connectivity index (χ4n) is 0.899. The SMILES string of the molecule is [Hg][CH]1[Hg][O][Hg][CH]([Hg])[Hg][O][Hg]1. The van der Waals surface area contributed by atoms with Crippen molar-refractivity contribution in [2.24, 2.45) is 0 Å². The van der Waals surface area contributed by atoms with Crippen LogP contribution < -0.4 is 0 Å². The summed E-state index contributed by atoms with van der Waals surface area (Å²) in [5.41, 5.74) is 0. The molecule has 0 spiro atoms. The molecular formula is C2H2Hg6O2. The Hall–Kier alpha value is 5.53. The zero-order valence-corrected chi connectivity index (χ0v) is 39.2. The predicted octanol–water partition coefficient (Wildman–Crippen LogP) is 0.524. The van der Waals surface area contributed by atoms with Crippen molar-refractivity contribution in [2.45, 2.75) is -3.11 Å². The van der Waals surface area contributed by atoms with E-state index >= 15 is 0 Å². The molecule has 0 aromatic heterocycles. The molecule has 34 valence electrons. The van der Waals surface area contributed by atoms with E-state index < -0.39 is 100 Å². The molecule has 0 radical (unpaired) electrons. The van der Waals surface area contributed by atoms with Crippen molar-refractivity contribution in [2.75, 3.05) is 0 Å². The van der Waals surface area contributed by atoms with Gasteiger partial charge in [0.1, 0.15) is 0 Å². The van der Waals surface area contributed by atoms with Crippen LogP contribution in [0.15, 0.2) is 0 Å². The summed E-state index contributed by atoms with van der Waals surface area (Å²) in [6.45, 7) is 0. The summed E-state index contributed by atoms with van der Waals surface area (Å²) >= 11 is -0.256. The van der Waals surface area contributed by atoms with Crippen LogP contribution in [0, 0.1) is 0 Å². The van der Waals surface area contributed by atoms with Crippen molar-refractivity contribution in [3.63, 3.8) is 0 Å². The zero-order chi connectivity index (χ0) is 7.40. The number of hydrogen-bond acceptors (Lipinski definition) is 2. The Kier molecular flexibility index (Phi) is 11.8. The minimum absolute atomic E-state index is 0.610. The summed E-state index contributed by atoms with van der Waals surface area (Å²) in [6, 6.07) is 0. The average Bonchev–Trinajstić information content (AvgIpc) is 1.84. The first-order chi connectivity index (χ1) is 4.79. The second kappa shape index (κ2) is 8.66. The van der Waals surface area contributed by atoms with Gasteiger partial charge in [0.15, 0.2) is 0 Å². The Morgan fingerprint density at radius 1 is 0.800 bits per heavy atom. The van der Waals surface area contributed by atoms with E-state index in [-0.39, 0.29) is 0 Å². The van der Waals surface area contributed by atoms with Crippen LogP contribution in [-0.2, 0) is 153 Å². The zero-order valence-electron chi connectivity index (χ0n) is 6.21. The molecule has 1 fully saturated rings. The Morgan fingerprint density at radius 3 is 1.40 bits per heavy atom. The molecule has 1 heterocycles. The molecule has 2 nitrogen and oxygen atoms in total. The first-order valence-electron chi connectivity index (χ1n) is 3.60. The van der Waals surface area contributed by atoms with E-state index in [1.165, 1.54) is -3.11 Å². The average molecular weight is 1260 g/mol. The Labute approximate surface area is 145 Å². The maximum atomic E-state index is 6.07. The molecular weight excluding hydrogens is 1260 g/mol. The molecule has 1 aliphatic heterocycles. The van der Waals surface area contributed by atoms with Crippen molar-refractivity contribution < 1.29 is 153 Å². The number of hydrogen-bond donors (Lipinski definition) is 0. The van der Waals surface area contributed by atoms with Crippen molar-refractivity contribution in [1.29, 1.82) is 0 Å². The Bertz CT molecular complexity index is 79.7. The van der Waals surface area contributed by atoms with Crippen LogP contribution >= 0.6 is 0 Å². The second-order valence-electron chi connectivity index (χ2n) is 2.81. The van der Waals surface area contributed by atoms with Gasteiger partial charge in [0.05, 0.1) is 0 Å². The van der Waals surface area contributed by atoms with E-state index in [0.717, 1.165) is 52.2 Å². The van der Waals surface area contributed by atoms with Gasteiger partial charge in [-0.2, -0.15) is 0 Å². The normalized spacial score (nSPS) is 30.4.